The fraction of sp³-hybridized carbons (Fsp3) is 0.636. The predicted molar refractivity (Wildman–Crippen MR) is 114 cm³/mol. The summed E-state index contributed by atoms with van der Waals surface area (Å²) >= 11 is 0. The molecule has 1 aromatic heterocycles. The number of aromatic nitrogens is 1. The Kier molecular flexibility index (Phi) is 9.07. The molecular weight excluding hydrogens is 441 g/mol. The molecule has 3 rings (SSSR count). The van der Waals surface area contributed by atoms with Crippen LogP contribution in [0.4, 0.5) is 18.0 Å². The molecule has 2 heterocycles. The first kappa shape index (κ1) is 26.4. The summed E-state index contributed by atoms with van der Waals surface area (Å²) in [6.45, 7) is 5.66. The average Bonchev–Trinajstić information content (AvgIpc) is 3.04. The van der Waals surface area contributed by atoms with Crippen molar-refractivity contribution < 1.29 is 32.7 Å². The van der Waals surface area contributed by atoms with E-state index in [2.05, 4.69) is 34.4 Å². The third-order valence-corrected chi connectivity index (χ3v) is 5.90. The number of carbonyl (C=O) groups is 3. The summed E-state index contributed by atoms with van der Waals surface area (Å²) in [6.07, 6.45) is 3.88. The quantitative estimate of drug-likeness (QED) is 0.608. The van der Waals surface area contributed by atoms with Crippen molar-refractivity contribution in [2.24, 2.45) is 5.92 Å². The van der Waals surface area contributed by atoms with Gasteiger partial charge in [0, 0.05) is 43.5 Å². The largest absolute Gasteiger partial charge is 0.490 e. The lowest BCUT2D eigenvalue weighted by Gasteiger charge is -2.44. The van der Waals surface area contributed by atoms with Gasteiger partial charge in [0.15, 0.2) is 0 Å². The van der Waals surface area contributed by atoms with Crippen LogP contribution in [-0.2, 0) is 16.1 Å². The van der Waals surface area contributed by atoms with Crippen LogP contribution in [-0.4, -0.2) is 57.2 Å². The molecule has 1 aliphatic heterocycles. The van der Waals surface area contributed by atoms with Crippen molar-refractivity contribution in [1.29, 1.82) is 0 Å². The van der Waals surface area contributed by atoms with Gasteiger partial charge in [0.25, 0.3) is 0 Å². The molecule has 1 saturated heterocycles. The van der Waals surface area contributed by atoms with Gasteiger partial charge in [-0.2, -0.15) is 13.2 Å². The van der Waals surface area contributed by atoms with E-state index in [4.69, 9.17) is 9.90 Å². The van der Waals surface area contributed by atoms with Gasteiger partial charge in [0.2, 0.25) is 5.91 Å². The van der Waals surface area contributed by atoms with E-state index in [0.29, 0.717) is 24.8 Å². The van der Waals surface area contributed by atoms with Crippen molar-refractivity contribution >= 4 is 17.9 Å². The van der Waals surface area contributed by atoms with Crippen LogP contribution >= 0.6 is 0 Å². The van der Waals surface area contributed by atoms with Crippen LogP contribution in [0.5, 0.6) is 0 Å². The number of carboxylic acid groups (broad SMARTS) is 1. The van der Waals surface area contributed by atoms with Crippen LogP contribution < -0.4 is 10.6 Å². The molecule has 0 radical (unpaired) electrons. The highest BCUT2D eigenvalue weighted by Gasteiger charge is 2.47. The van der Waals surface area contributed by atoms with E-state index >= 15 is 0 Å². The molecule has 1 aliphatic carbocycles. The van der Waals surface area contributed by atoms with E-state index in [0.717, 1.165) is 44.2 Å². The van der Waals surface area contributed by atoms with Gasteiger partial charge >= 0.3 is 18.2 Å². The van der Waals surface area contributed by atoms with Crippen LogP contribution in [0.15, 0.2) is 24.5 Å². The molecule has 0 aromatic carbocycles. The highest BCUT2D eigenvalue weighted by atomic mass is 19.4. The predicted octanol–water partition coefficient (Wildman–Crippen LogP) is 3.47. The number of halogens is 3. The zero-order chi connectivity index (χ0) is 24.6. The molecule has 1 saturated carbocycles. The molecule has 1 aromatic rings. The molecule has 0 atom stereocenters. The number of aliphatic carboxylic acids is 1. The topological polar surface area (TPSA) is 112 Å². The summed E-state index contributed by atoms with van der Waals surface area (Å²) in [5.74, 6) is -1.96. The molecular formula is C22H31F3N4O4. The Morgan fingerprint density at radius 1 is 1.27 bits per heavy atom. The lowest BCUT2D eigenvalue weighted by Crippen LogP contribution is -2.53. The van der Waals surface area contributed by atoms with Crippen LogP contribution in [0, 0.1) is 5.92 Å². The molecule has 2 fully saturated rings. The fourth-order valence-corrected chi connectivity index (χ4v) is 4.28. The molecule has 2 aliphatic rings. The van der Waals surface area contributed by atoms with Gasteiger partial charge in [-0.1, -0.05) is 19.9 Å². The van der Waals surface area contributed by atoms with Gasteiger partial charge in [0.1, 0.15) is 0 Å². The van der Waals surface area contributed by atoms with Crippen molar-refractivity contribution in [2.75, 3.05) is 6.54 Å². The molecule has 3 amide bonds. The first-order valence-corrected chi connectivity index (χ1v) is 11.0. The Bertz CT molecular complexity index is 810. The van der Waals surface area contributed by atoms with Crippen LogP contribution in [0.25, 0.3) is 0 Å². The number of alkyl halides is 3. The molecule has 33 heavy (non-hydrogen) atoms. The van der Waals surface area contributed by atoms with E-state index in [9.17, 15) is 22.8 Å². The second kappa shape index (κ2) is 11.3. The number of nitrogens with zero attached hydrogens (tertiary/aromatic N) is 2. The average molecular weight is 473 g/mol. The number of nitrogens with one attached hydrogen (secondary N) is 2. The highest BCUT2D eigenvalue weighted by molar-refractivity contribution is 5.80. The second-order valence-electron chi connectivity index (χ2n) is 8.89. The van der Waals surface area contributed by atoms with Crippen molar-refractivity contribution in [2.45, 2.75) is 76.7 Å². The maximum atomic E-state index is 12.3. The molecule has 0 unspecified atom stereocenters. The molecule has 11 heteroatoms. The van der Waals surface area contributed by atoms with Gasteiger partial charge < -0.3 is 20.6 Å². The molecule has 8 nitrogen and oxygen atoms in total. The minimum atomic E-state index is -5.08. The summed E-state index contributed by atoms with van der Waals surface area (Å²) in [5, 5.41) is 13.1. The molecule has 0 bridgehead atoms. The lowest BCUT2D eigenvalue weighted by atomic mass is 9.77. The van der Waals surface area contributed by atoms with Crippen molar-refractivity contribution in [1.82, 2.24) is 20.5 Å². The normalized spacial score (nSPS) is 22.7. The summed E-state index contributed by atoms with van der Waals surface area (Å²) in [5.41, 5.74) is 1.02. The maximum absolute atomic E-state index is 12.3. The minimum Gasteiger partial charge on any atom is -0.475 e. The first-order valence-electron chi connectivity index (χ1n) is 11.0. The second-order valence-corrected chi connectivity index (χ2v) is 8.89. The summed E-state index contributed by atoms with van der Waals surface area (Å²) in [7, 11) is 0. The number of hydrogen-bond acceptors (Lipinski definition) is 4. The van der Waals surface area contributed by atoms with E-state index < -0.39 is 12.1 Å². The van der Waals surface area contributed by atoms with E-state index in [1.54, 1.807) is 12.4 Å². The standard InChI is InChI=1S/C20H30N4O2.C2HF3O2/c1-15(2)14-24-18(25)7-10-20(24)8-5-17(6-9-20)23-19(26)22-13-16-4-3-11-21-12-16;3-2(4,5)1(6)7/h3-4,11-12,15,17H,5-10,13-14H2,1-2H3,(H2,22,23,26);(H,6,7). The Morgan fingerprint density at radius 3 is 2.42 bits per heavy atom. The van der Waals surface area contributed by atoms with Crippen LogP contribution in [0.1, 0.15) is 57.9 Å². The number of likely N-dealkylation sites (tertiary alicyclic amines) is 1. The number of amides is 3. The zero-order valence-electron chi connectivity index (χ0n) is 18.8. The van der Waals surface area contributed by atoms with Crippen molar-refractivity contribution in [3.63, 3.8) is 0 Å². The molecule has 1 spiro atoms. The smallest absolute Gasteiger partial charge is 0.475 e. The van der Waals surface area contributed by atoms with Gasteiger partial charge in [0.05, 0.1) is 0 Å². The lowest BCUT2D eigenvalue weighted by molar-refractivity contribution is -0.192. The Morgan fingerprint density at radius 2 is 1.91 bits per heavy atom. The Hall–Kier alpha value is -2.85. The fourth-order valence-electron chi connectivity index (χ4n) is 4.28. The summed E-state index contributed by atoms with van der Waals surface area (Å²) < 4.78 is 31.7. The van der Waals surface area contributed by atoms with Gasteiger partial charge in [-0.3, -0.25) is 9.78 Å². The highest BCUT2D eigenvalue weighted by Crippen LogP contribution is 2.42. The third kappa shape index (κ3) is 7.90. The Labute approximate surface area is 190 Å². The summed E-state index contributed by atoms with van der Waals surface area (Å²) in [4.78, 5) is 39.5. The van der Waals surface area contributed by atoms with Crippen molar-refractivity contribution in [3.8, 4) is 0 Å². The van der Waals surface area contributed by atoms with Gasteiger partial charge in [-0.05, 0) is 49.7 Å². The van der Waals surface area contributed by atoms with Crippen LogP contribution in [0.2, 0.25) is 0 Å². The zero-order valence-corrected chi connectivity index (χ0v) is 18.8. The monoisotopic (exact) mass is 472 g/mol. The molecule has 184 valence electrons. The number of hydrogen-bond donors (Lipinski definition) is 3. The SMILES string of the molecule is CC(C)CN1C(=O)CCC12CCC(NC(=O)NCc1cccnc1)CC2.O=C(O)C(F)(F)F. The summed E-state index contributed by atoms with van der Waals surface area (Å²) in [6, 6.07) is 3.86. The van der Waals surface area contributed by atoms with Gasteiger partial charge in [-0.15, -0.1) is 0 Å². The molecule has 3 N–H and O–H groups in total. The van der Waals surface area contributed by atoms with Crippen LogP contribution in [0.3, 0.4) is 0 Å². The maximum Gasteiger partial charge on any atom is 0.490 e. The third-order valence-electron chi connectivity index (χ3n) is 5.90. The number of carbonyl (C=O) groups excluding carboxylic acids is 2. The Balaban J connectivity index is 0.000000479. The van der Waals surface area contributed by atoms with E-state index in [1.807, 2.05) is 12.1 Å². The first-order chi connectivity index (χ1) is 15.4. The minimum absolute atomic E-state index is 0.0334. The van der Waals surface area contributed by atoms with E-state index in [-0.39, 0.29) is 17.6 Å². The number of carboxylic acids is 1. The van der Waals surface area contributed by atoms with E-state index in [1.165, 1.54) is 0 Å². The number of rotatable bonds is 5. The number of urea groups is 1. The number of pyridine rings is 1. The van der Waals surface area contributed by atoms with Gasteiger partial charge in [-0.25, -0.2) is 9.59 Å². The van der Waals surface area contributed by atoms with Crippen molar-refractivity contribution in [3.05, 3.63) is 30.1 Å².